The van der Waals surface area contributed by atoms with Crippen molar-refractivity contribution in [2.45, 2.75) is 110 Å². The average Bonchev–Trinajstić information content (AvgIpc) is 0.784. The van der Waals surface area contributed by atoms with Crippen LogP contribution < -0.4 is 14.5 Å². The molecule has 0 amide bonds. The maximum absolute atomic E-state index is 7.53. The standard InChI is InChI=1S/C83H77N5O.Pt/c1-79(2,3)57-39-43-72-69(49-57)83(70-50-58(80(4,5)6)40-44-73(70)87(72)61-31-20-15-21-32-61)67-35-22-23-36-71(67)88(77-51-59(45-46-84-77)81(7,8)9)76-53-63(41-42-68(76)83)89-64-48-60(82(10,11)12)47-62(52-64)85-54-86(75-38-25-24-37-74(75)85)78-65(55-27-16-13-17-28-55)33-26-34-66(78)56-29-18-14-19-30-56;/h13-53H,1-12H3;. The molecule has 0 N–H and O–H groups in total. The minimum absolute atomic E-state index is 0.135. The van der Waals surface area contributed by atoms with Crippen LogP contribution in [-0.4, -0.2) is 14.1 Å². The van der Waals surface area contributed by atoms with Crippen LogP contribution in [0.15, 0.2) is 249 Å². The van der Waals surface area contributed by atoms with E-state index < -0.39 is 5.41 Å². The quantitative estimate of drug-likeness (QED) is 0.152. The molecule has 2 aliphatic heterocycles. The van der Waals surface area contributed by atoms with E-state index in [1.165, 1.54) is 33.4 Å². The average molecular weight is 1360 g/mol. The summed E-state index contributed by atoms with van der Waals surface area (Å²) in [5.74, 6) is 2.31. The number of ether oxygens (including phenoxy) is 1. The molecule has 12 aromatic rings. The molecule has 90 heavy (non-hydrogen) atoms. The topological polar surface area (TPSA) is 38.5 Å². The Hall–Kier alpha value is -9.09. The molecule has 450 valence electrons. The van der Waals surface area contributed by atoms with Gasteiger partial charge in [0.1, 0.15) is 0 Å². The molecule has 0 atom stereocenters. The summed E-state index contributed by atoms with van der Waals surface area (Å²) < 4.78 is 13.4. The zero-order valence-electron chi connectivity index (χ0n) is 53.6. The fraction of sp³-hybridized carbons (Fsp3) is 0.205. The van der Waals surface area contributed by atoms with Crippen molar-refractivity contribution >= 4 is 45.3 Å². The molecule has 2 aliphatic rings. The normalized spacial score (nSPS) is 13.7. The summed E-state index contributed by atoms with van der Waals surface area (Å²) in [6.45, 7) is 27.7. The van der Waals surface area contributed by atoms with Crippen molar-refractivity contribution in [1.82, 2.24) is 14.1 Å². The second-order valence-corrected chi connectivity index (χ2v) is 29.5. The van der Waals surface area contributed by atoms with Gasteiger partial charge in [-0.2, -0.15) is 0 Å². The van der Waals surface area contributed by atoms with E-state index in [0.717, 1.165) is 105 Å². The number of imidazole rings is 1. The fourth-order valence-corrected chi connectivity index (χ4v) is 14.8. The van der Waals surface area contributed by atoms with Crippen LogP contribution in [0.1, 0.15) is 128 Å². The predicted molar refractivity (Wildman–Crippen MR) is 371 cm³/mol. The fourth-order valence-electron chi connectivity index (χ4n) is 13.7. The van der Waals surface area contributed by atoms with E-state index in [1.54, 1.807) is 0 Å². The summed E-state index contributed by atoms with van der Waals surface area (Å²) in [5, 5.41) is 0. The zero-order chi connectivity index (χ0) is 62.6. The Bertz CT molecular complexity index is 4690. The van der Waals surface area contributed by atoms with Gasteiger partial charge in [0.15, 0.2) is 0 Å². The molecule has 0 bridgehead atoms. The predicted octanol–water partition coefficient (Wildman–Crippen LogP) is 22.2. The van der Waals surface area contributed by atoms with Gasteiger partial charge in [-0.25, -0.2) is 0 Å². The Morgan fingerprint density at radius 3 is 1.43 bits per heavy atom. The number of hydrogen-bond donors (Lipinski definition) is 0. The molecule has 4 heterocycles. The minimum atomic E-state index is -0.818. The molecule has 10 aromatic carbocycles. The number of para-hydroxylation sites is 5. The van der Waals surface area contributed by atoms with Crippen molar-refractivity contribution in [1.29, 1.82) is 0 Å². The van der Waals surface area contributed by atoms with E-state index in [9.17, 15) is 0 Å². The van der Waals surface area contributed by atoms with E-state index in [0.29, 0.717) is 0 Å². The monoisotopic (exact) mass is 1350 g/mol. The molecular formula is C83H77N5OPt. The van der Waals surface area contributed by atoms with Gasteiger partial charge in [-0.3, -0.25) is 0 Å². The molecule has 0 fully saturated rings. The zero-order valence-corrected chi connectivity index (χ0v) is 55.9. The van der Waals surface area contributed by atoms with Crippen LogP contribution in [0.5, 0.6) is 11.5 Å². The maximum atomic E-state index is 7.53. The van der Waals surface area contributed by atoms with Crippen LogP contribution in [0.4, 0.5) is 34.3 Å². The Labute approximate surface area is 542 Å². The van der Waals surface area contributed by atoms with E-state index in [1.807, 2.05) is 6.20 Å². The summed E-state index contributed by atoms with van der Waals surface area (Å²) in [4.78, 5) is 10.2. The number of fused-ring (bicyclic) bond motifs is 9. The van der Waals surface area contributed by atoms with Gasteiger partial charge in [-0.05, 0) is 63.3 Å². The number of pyridine rings is 1. The van der Waals surface area contributed by atoms with Gasteiger partial charge in [-0.1, -0.05) is 123 Å². The Kier molecular flexibility index (Phi) is 14.2. The molecule has 0 aliphatic carbocycles. The second kappa shape index (κ2) is 21.8. The summed E-state index contributed by atoms with van der Waals surface area (Å²) in [7, 11) is 0. The van der Waals surface area contributed by atoms with Crippen molar-refractivity contribution in [2.24, 2.45) is 0 Å². The molecule has 1 spiro atoms. The Morgan fingerprint density at radius 2 is 0.856 bits per heavy atom. The van der Waals surface area contributed by atoms with Crippen molar-refractivity contribution in [3.05, 3.63) is 297 Å². The molecule has 14 rings (SSSR count). The SMILES string of the molecule is CC(C)(C)c1cc(Oc2ccc3c(c2)N(c2cc(C(C)(C)C)ccn2)c2ccccc2C32c3cc(C(C)(C)C)ccc3N(c3ccccc3)c3ccc(C(C)(C)C)cc32)cc(-n2[c](=[Pt])n(-c3c(-c4ccccc4)cccc3-c3ccccc3)c3ccccc32)c1. The first-order valence-electron chi connectivity index (χ1n) is 31.5. The molecule has 0 radical (unpaired) electrons. The van der Waals surface area contributed by atoms with E-state index in [2.05, 4.69) is 364 Å². The van der Waals surface area contributed by atoms with Gasteiger partial charge >= 0.3 is 331 Å². The first kappa shape index (κ1) is 58.6. The van der Waals surface area contributed by atoms with Crippen LogP contribution in [0.2, 0.25) is 0 Å². The third-order valence-corrected chi connectivity index (χ3v) is 19.4. The van der Waals surface area contributed by atoms with Crippen molar-refractivity contribution in [3.8, 4) is 45.1 Å². The third kappa shape index (κ3) is 9.90. The van der Waals surface area contributed by atoms with Gasteiger partial charge in [-0.15, -0.1) is 0 Å². The van der Waals surface area contributed by atoms with Gasteiger partial charge in [0.2, 0.25) is 0 Å². The summed E-state index contributed by atoms with van der Waals surface area (Å²) in [6, 6.07) is 89.7. The molecule has 6 nitrogen and oxygen atoms in total. The van der Waals surface area contributed by atoms with Crippen LogP contribution in [-0.2, 0) is 46.4 Å². The third-order valence-electron chi connectivity index (χ3n) is 18.4. The van der Waals surface area contributed by atoms with Crippen LogP contribution in [0, 0.1) is 3.80 Å². The van der Waals surface area contributed by atoms with Crippen LogP contribution >= 0.6 is 0 Å². The number of hydrogen-bond acceptors (Lipinski definition) is 4. The van der Waals surface area contributed by atoms with Crippen LogP contribution in [0.25, 0.3) is 44.7 Å². The molecule has 2 aromatic heterocycles. The molecule has 0 saturated heterocycles. The van der Waals surface area contributed by atoms with Gasteiger partial charge in [0.05, 0.1) is 11.4 Å². The van der Waals surface area contributed by atoms with Crippen molar-refractivity contribution in [2.75, 3.05) is 9.80 Å². The number of anilines is 6. The van der Waals surface area contributed by atoms with E-state index >= 15 is 0 Å². The van der Waals surface area contributed by atoms with E-state index in [4.69, 9.17) is 9.72 Å². The molecule has 7 heteroatoms. The molecule has 0 saturated carbocycles. The van der Waals surface area contributed by atoms with Gasteiger partial charge in [0.25, 0.3) is 0 Å². The number of benzene rings is 10. The first-order valence-corrected chi connectivity index (χ1v) is 32.6. The number of rotatable bonds is 8. The Balaban J connectivity index is 1.02. The number of aromatic nitrogens is 3. The van der Waals surface area contributed by atoms with Gasteiger partial charge in [0, 0.05) is 11.9 Å². The van der Waals surface area contributed by atoms with Crippen molar-refractivity contribution < 1.29 is 24.1 Å². The molecular weight excluding hydrogens is 1280 g/mol. The summed E-state index contributed by atoms with van der Waals surface area (Å²) in [6.07, 6.45) is 1.98. The molecule has 0 unspecified atom stereocenters. The van der Waals surface area contributed by atoms with E-state index in [-0.39, 0.29) is 21.7 Å². The van der Waals surface area contributed by atoms with Crippen LogP contribution in [0.3, 0.4) is 0 Å². The van der Waals surface area contributed by atoms with Crippen molar-refractivity contribution in [3.63, 3.8) is 0 Å². The first-order chi connectivity index (χ1) is 43.1. The van der Waals surface area contributed by atoms with Gasteiger partial charge < -0.3 is 4.90 Å². The Morgan fingerprint density at radius 1 is 0.356 bits per heavy atom. The second-order valence-electron chi connectivity index (χ2n) is 28.5. The summed E-state index contributed by atoms with van der Waals surface area (Å²) >= 11 is 2.56. The number of nitrogens with zero attached hydrogens (tertiary/aromatic N) is 5. The summed E-state index contributed by atoms with van der Waals surface area (Å²) in [5.41, 5.74) is 22.6.